The molecule has 0 unspecified atom stereocenters. The number of nitrogens with one attached hydrogen (secondary N) is 1. The molecule has 1 aliphatic rings. The largest absolute Gasteiger partial charge is 0.353 e. The van der Waals surface area contributed by atoms with Gasteiger partial charge in [0.1, 0.15) is 0 Å². The molecule has 6 heteroatoms. The average Bonchev–Trinajstić information content (AvgIpc) is 2.53. The highest BCUT2D eigenvalue weighted by molar-refractivity contribution is 7.89. The summed E-state index contributed by atoms with van der Waals surface area (Å²) in [7, 11) is -3.59. The molecule has 25 heavy (non-hydrogen) atoms. The lowest BCUT2D eigenvalue weighted by Crippen LogP contribution is -2.47. The highest BCUT2D eigenvalue weighted by Gasteiger charge is 2.35. The predicted octanol–water partition coefficient (Wildman–Crippen LogP) is 2.93. The molecule has 1 aromatic carbocycles. The first kappa shape index (κ1) is 19.9. The zero-order chi connectivity index (χ0) is 18.8. The van der Waals surface area contributed by atoms with Crippen molar-refractivity contribution < 1.29 is 13.2 Å². The second-order valence-electron chi connectivity index (χ2n) is 7.25. The molecular weight excluding hydrogens is 336 g/mol. The second kappa shape index (κ2) is 7.87. The third kappa shape index (κ3) is 4.42. The summed E-state index contributed by atoms with van der Waals surface area (Å²) < 4.78 is 27.8. The maximum Gasteiger partial charge on any atom is 0.243 e. The zero-order valence-corrected chi connectivity index (χ0v) is 16.7. The lowest BCUT2D eigenvalue weighted by atomic mass is 9.98. The van der Waals surface area contributed by atoms with Crippen LogP contribution in [-0.2, 0) is 14.8 Å². The van der Waals surface area contributed by atoms with Crippen molar-refractivity contribution in [3.05, 3.63) is 28.8 Å². The quantitative estimate of drug-likeness (QED) is 0.871. The molecule has 1 aliphatic heterocycles. The molecule has 2 rings (SSSR count). The maximum atomic E-state index is 13.2. The van der Waals surface area contributed by atoms with Crippen molar-refractivity contribution in [2.75, 3.05) is 13.1 Å². The SMILES string of the molecule is CC[C@H](C)NC(=O)[C@H]1CCCN(S(=O)(=O)c2c(C)cc(C)cc2C)C1. The monoisotopic (exact) mass is 366 g/mol. The summed E-state index contributed by atoms with van der Waals surface area (Å²) in [5.74, 6) is -0.310. The molecule has 0 aromatic heterocycles. The van der Waals surface area contributed by atoms with Gasteiger partial charge in [0.15, 0.2) is 0 Å². The van der Waals surface area contributed by atoms with E-state index in [9.17, 15) is 13.2 Å². The van der Waals surface area contributed by atoms with Gasteiger partial charge in [0, 0.05) is 19.1 Å². The van der Waals surface area contributed by atoms with E-state index >= 15 is 0 Å². The van der Waals surface area contributed by atoms with Gasteiger partial charge in [-0.2, -0.15) is 4.31 Å². The van der Waals surface area contributed by atoms with Crippen LogP contribution >= 0.6 is 0 Å². The fourth-order valence-electron chi connectivity index (χ4n) is 3.54. The molecular formula is C19H30N2O3S. The fraction of sp³-hybridized carbons (Fsp3) is 0.632. The number of rotatable bonds is 5. The lowest BCUT2D eigenvalue weighted by Gasteiger charge is -2.32. The van der Waals surface area contributed by atoms with Crippen LogP contribution in [0.5, 0.6) is 0 Å². The minimum Gasteiger partial charge on any atom is -0.353 e. The van der Waals surface area contributed by atoms with Crippen molar-refractivity contribution in [1.29, 1.82) is 0 Å². The standard InChI is InChI=1S/C19H30N2O3S/c1-6-16(5)20-19(22)17-8-7-9-21(12-17)25(23,24)18-14(3)10-13(2)11-15(18)4/h10-11,16-17H,6-9,12H2,1-5H3,(H,20,22)/t16-,17-/m0/s1. The van der Waals surface area contributed by atoms with Crippen LogP contribution in [0.3, 0.4) is 0 Å². The molecule has 0 saturated carbocycles. The van der Waals surface area contributed by atoms with Crippen LogP contribution < -0.4 is 5.32 Å². The van der Waals surface area contributed by atoms with Gasteiger partial charge in [0.05, 0.1) is 10.8 Å². The minimum atomic E-state index is -3.59. The molecule has 0 aliphatic carbocycles. The maximum absolute atomic E-state index is 13.2. The number of carbonyl (C=O) groups is 1. The molecule has 0 radical (unpaired) electrons. The van der Waals surface area contributed by atoms with E-state index in [1.807, 2.05) is 46.8 Å². The van der Waals surface area contributed by atoms with Crippen molar-refractivity contribution in [2.45, 2.75) is 64.8 Å². The molecule has 5 nitrogen and oxygen atoms in total. The molecule has 140 valence electrons. The van der Waals surface area contributed by atoms with Gasteiger partial charge in [-0.3, -0.25) is 4.79 Å². The van der Waals surface area contributed by atoms with E-state index in [0.717, 1.165) is 29.5 Å². The highest BCUT2D eigenvalue weighted by atomic mass is 32.2. The first-order chi connectivity index (χ1) is 11.7. The zero-order valence-electron chi connectivity index (χ0n) is 15.9. The summed E-state index contributed by atoms with van der Waals surface area (Å²) in [6.07, 6.45) is 2.31. The Bertz CT molecular complexity index is 720. The van der Waals surface area contributed by atoms with E-state index in [-0.39, 0.29) is 24.4 Å². The van der Waals surface area contributed by atoms with Crippen LogP contribution in [0.1, 0.15) is 49.8 Å². The number of carbonyl (C=O) groups excluding carboxylic acids is 1. The van der Waals surface area contributed by atoms with Crippen molar-refractivity contribution in [3.8, 4) is 0 Å². The topological polar surface area (TPSA) is 66.5 Å². The number of aryl methyl sites for hydroxylation is 3. The van der Waals surface area contributed by atoms with E-state index in [4.69, 9.17) is 0 Å². The third-order valence-electron chi connectivity index (χ3n) is 4.96. The molecule has 1 fully saturated rings. The van der Waals surface area contributed by atoms with Gasteiger partial charge in [-0.15, -0.1) is 0 Å². The van der Waals surface area contributed by atoms with Crippen molar-refractivity contribution >= 4 is 15.9 Å². The number of hydrogen-bond donors (Lipinski definition) is 1. The first-order valence-corrected chi connectivity index (χ1v) is 10.5. The Morgan fingerprint density at radius 2 is 1.88 bits per heavy atom. The Labute approximate surface area is 151 Å². The normalized spacial score (nSPS) is 20.3. The van der Waals surface area contributed by atoms with Crippen LogP contribution in [-0.4, -0.2) is 37.8 Å². The first-order valence-electron chi connectivity index (χ1n) is 9.05. The van der Waals surface area contributed by atoms with E-state index in [1.165, 1.54) is 4.31 Å². The molecule has 0 spiro atoms. The number of benzene rings is 1. The fourth-order valence-corrected chi connectivity index (χ4v) is 5.48. The lowest BCUT2D eigenvalue weighted by molar-refractivity contribution is -0.126. The van der Waals surface area contributed by atoms with E-state index in [2.05, 4.69) is 5.32 Å². The van der Waals surface area contributed by atoms with Gasteiger partial charge in [-0.25, -0.2) is 8.42 Å². The summed E-state index contributed by atoms with van der Waals surface area (Å²) in [5.41, 5.74) is 2.59. The predicted molar refractivity (Wildman–Crippen MR) is 100 cm³/mol. The van der Waals surface area contributed by atoms with Crippen LogP contribution in [0, 0.1) is 26.7 Å². The summed E-state index contributed by atoms with van der Waals surface area (Å²) in [4.78, 5) is 12.8. The Kier molecular flexibility index (Phi) is 6.27. The van der Waals surface area contributed by atoms with Gasteiger partial charge in [0.25, 0.3) is 0 Å². The Morgan fingerprint density at radius 3 is 2.44 bits per heavy atom. The Hall–Kier alpha value is -1.40. The van der Waals surface area contributed by atoms with Crippen molar-refractivity contribution in [2.24, 2.45) is 5.92 Å². The molecule has 1 heterocycles. The van der Waals surface area contributed by atoms with Gasteiger partial charge in [-0.1, -0.05) is 24.6 Å². The summed E-state index contributed by atoms with van der Waals surface area (Å²) >= 11 is 0. The second-order valence-corrected chi connectivity index (χ2v) is 9.12. The number of nitrogens with zero attached hydrogens (tertiary/aromatic N) is 1. The van der Waals surface area contributed by atoms with E-state index < -0.39 is 10.0 Å². The summed E-state index contributed by atoms with van der Waals surface area (Å²) in [6, 6.07) is 3.91. The van der Waals surface area contributed by atoms with Crippen LogP contribution in [0.2, 0.25) is 0 Å². The van der Waals surface area contributed by atoms with Crippen molar-refractivity contribution in [3.63, 3.8) is 0 Å². The number of sulfonamides is 1. The van der Waals surface area contributed by atoms with Crippen LogP contribution in [0.25, 0.3) is 0 Å². The van der Waals surface area contributed by atoms with Crippen LogP contribution in [0.4, 0.5) is 0 Å². The van der Waals surface area contributed by atoms with E-state index in [1.54, 1.807) is 0 Å². The van der Waals surface area contributed by atoms with Gasteiger partial charge < -0.3 is 5.32 Å². The van der Waals surface area contributed by atoms with Gasteiger partial charge in [0.2, 0.25) is 15.9 Å². The Morgan fingerprint density at radius 1 is 1.28 bits per heavy atom. The van der Waals surface area contributed by atoms with Crippen molar-refractivity contribution in [1.82, 2.24) is 9.62 Å². The average molecular weight is 367 g/mol. The summed E-state index contributed by atoms with van der Waals surface area (Å²) in [6.45, 7) is 10.4. The number of amides is 1. The number of piperidine rings is 1. The molecule has 1 saturated heterocycles. The third-order valence-corrected chi connectivity index (χ3v) is 7.13. The summed E-state index contributed by atoms with van der Waals surface area (Å²) in [5, 5.41) is 2.98. The Balaban J connectivity index is 2.24. The highest BCUT2D eigenvalue weighted by Crippen LogP contribution is 2.29. The minimum absolute atomic E-state index is 0.0356. The smallest absolute Gasteiger partial charge is 0.243 e. The molecule has 0 bridgehead atoms. The van der Waals surface area contributed by atoms with E-state index in [0.29, 0.717) is 17.9 Å². The molecule has 1 aromatic rings. The molecule has 1 N–H and O–H groups in total. The number of hydrogen-bond acceptors (Lipinski definition) is 3. The molecule has 1 amide bonds. The van der Waals surface area contributed by atoms with Gasteiger partial charge in [-0.05, 0) is 58.1 Å². The molecule has 2 atom stereocenters. The van der Waals surface area contributed by atoms with Gasteiger partial charge >= 0.3 is 0 Å². The van der Waals surface area contributed by atoms with Crippen LogP contribution in [0.15, 0.2) is 17.0 Å².